The van der Waals surface area contributed by atoms with Crippen LogP contribution in [0.15, 0.2) is 59.5 Å². The summed E-state index contributed by atoms with van der Waals surface area (Å²) >= 11 is 1.63. The van der Waals surface area contributed by atoms with Gasteiger partial charge in [0.05, 0.1) is 33.4 Å². The van der Waals surface area contributed by atoms with Crippen LogP contribution in [0.2, 0.25) is 0 Å². The predicted octanol–water partition coefficient (Wildman–Crippen LogP) is 4.44. The van der Waals surface area contributed by atoms with Gasteiger partial charge in [-0.25, -0.2) is 4.98 Å². The molecule has 0 radical (unpaired) electrons. The Labute approximate surface area is 154 Å². The Kier molecular flexibility index (Phi) is 4.50. The van der Waals surface area contributed by atoms with Crippen LogP contribution in [0.4, 0.5) is 0 Å². The van der Waals surface area contributed by atoms with Crippen molar-refractivity contribution in [2.45, 2.75) is 19.9 Å². The number of pyridine rings is 1. The van der Waals surface area contributed by atoms with Gasteiger partial charge in [0.15, 0.2) is 0 Å². The number of rotatable bonds is 5. The summed E-state index contributed by atoms with van der Waals surface area (Å²) in [6.45, 7) is 2.51. The summed E-state index contributed by atoms with van der Waals surface area (Å²) in [5, 5.41) is 4.03. The minimum Gasteiger partial charge on any atom is -0.472 e. The maximum absolute atomic E-state index is 12.4. The quantitative estimate of drug-likeness (QED) is 0.569. The van der Waals surface area contributed by atoms with Gasteiger partial charge in [0, 0.05) is 23.9 Å². The van der Waals surface area contributed by atoms with Gasteiger partial charge in [-0.15, -0.1) is 11.3 Å². The van der Waals surface area contributed by atoms with Crippen molar-refractivity contribution in [1.29, 1.82) is 0 Å². The zero-order chi connectivity index (χ0) is 17.9. The van der Waals surface area contributed by atoms with Crippen molar-refractivity contribution in [3.8, 4) is 11.3 Å². The number of amides is 1. The third-order valence-corrected chi connectivity index (χ3v) is 5.25. The van der Waals surface area contributed by atoms with Crippen LogP contribution in [0.5, 0.6) is 0 Å². The molecule has 1 amide bonds. The monoisotopic (exact) mass is 363 g/mol. The van der Waals surface area contributed by atoms with Crippen LogP contribution in [-0.4, -0.2) is 15.9 Å². The highest BCUT2D eigenvalue weighted by Crippen LogP contribution is 2.23. The Bertz CT molecular complexity index is 1040. The molecule has 0 spiro atoms. The van der Waals surface area contributed by atoms with Gasteiger partial charge >= 0.3 is 0 Å². The minimum atomic E-state index is -0.0998. The average molecular weight is 363 g/mol. The molecule has 3 aromatic heterocycles. The van der Waals surface area contributed by atoms with Crippen molar-refractivity contribution in [3.05, 3.63) is 71.3 Å². The number of furan rings is 1. The average Bonchev–Trinajstić information content (AvgIpc) is 3.35. The molecule has 0 atom stereocenters. The van der Waals surface area contributed by atoms with E-state index in [0.29, 0.717) is 12.1 Å². The molecule has 4 aromatic rings. The smallest absolute Gasteiger partial charge is 0.251 e. The number of thiazole rings is 1. The van der Waals surface area contributed by atoms with E-state index in [1.54, 1.807) is 30.1 Å². The lowest BCUT2D eigenvalue weighted by atomic mass is 10.1. The largest absolute Gasteiger partial charge is 0.472 e. The van der Waals surface area contributed by atoms with Gasteiger partial charge < -0.3 is 9.73 Å². The Morgan fingerprint density at radius 1 is 1.23 bits per heavy atom. The number of carbonyl (C=O) groups is 1. The summed E-state index contributed by atoms with van der Waals surface area (Å²) < 4.78 is 6.11. The molecule has 26 heavy (non-hydrogen) atoms. The van der Waals surface area contributed by atoms with E-state index in [-0.39, 0.29) is 5.91 Å². The van der Waals surface area contributed by atoms with E-state index in [1.165, 1.54) is 0 Å². The lowest BCUT2D eigenvalue weighted by Gasteiger charge is -2.06. The third kappa shape index (κ3) is 3.36. The van der Waals surface area contributed by atoms with E-state index >= 15 is 0 Å². The first-order valence-electron chi connectivity index (χ1n) is 8.38. The van der Waals surface area contributed by atoms with Crippen LogP contribution in [0.3, 0.4) is 0 Å². The summed E-state index contributed by atoms with van der Waals surface area (Å²) in [5.41, 5.74) is 4.31. The second kappa shape index (κ2) is 7.09. The zero-order valence-electron chi connectivity index (χ0n) is 14.2. The summed E-state index contributed by atoms with van der Waals surface area (Å²) in [5.74, 6) is -0.0998. The highest BCUT2D eigenvalue weighted by Gasteiger charge is 2.09. The lowest BCUT2D eigenvalue weighted by molar-refractivity contribution is 0.0951. The van der Waals surface area contributed by atoms with Crippen LogP contribution in [0.25, 0.3) is 21.5 Å². The van der Waals surface area contributed by atoms with Gasteiger partial charge in [-0.2, -0.15) is 0 Å². The Morgan fingerprint density at radius 2 is 2.15 bits per heavy atom. The molecular weight excluding hydrogens is 346 g/mol. The Balaban J connectivity index is 1.43. The van der Waals surface area contributed by atoms with E-state index in [4.69, 9.17) is 4.42 Å². The van der Waals surface area contributed by atoms with Gasteiger partial charge in [-0.3, -0.25) is 9.78 Å². The number of nitrogens with one attached hydrogen (secondary N) is 1. The highest BCUT2D eigenvalue weighted by molar-refractivity contribution is 7.18. The molecule has 3 heterocycles. The molecule has 0 saturated carbocycles. The van der Waals surface area contributed by atoms with Crippen LogP contribution in [-0.2, 0) is 13.0 Å². The van der Waals surface area contributed by atoms with Crippen LogP contribution >= 0.6 is 11.3 Å². The van der Waals surface area contributed by atoms with Crippen molar-refractivity contribution in [2.24, 2.45) is 0 Å². The van der Waals surface area contributed by atoms with E-state index < -0.39 is 0 Å². The van der Waals surface area contributed by atoms with E-state index in [9.17, 15) is 4.79 Å². The van der Waals surface area contributed by atoms with Crippen molar-refractivity contribution in [1.82, 2.24) is 15.3 Å². The number of fused-ring (bicyclic) bond motifs is 1. The first-order chi connectivity index (χ1) is 12.7. The molecule has 0 aliphatic heterocycles. The molecule has 4 rings (SSSR count). The molecule has 1 aromatic carbocycles. The molecule has 0 aliphatic rings. The first kappa shape index (κ1) is 16.5. The van der Waals surface area contributed by atoms with Crippen molar-refractivity contribution >= 4 is 27.5 Å². The Hall–Kier alpha value is -2.99. The van der Waals surface area contributed by atoms with Gasteiger partial charge in [-0.1, -0.05) is 13.0 Å². The van der Waals surface area contributed by atoms with Gasteiger partial charge in [0.25, 0.3) is 5.91 Å². The van der Waals surface area contributed by atoms with E-state index in [0.717, 1.165) is 38.5 Å². The lowest BCUT2D eigenvalue weighted by Crippen LogP contribution is -2.22. The molecule has 130 valence electrons. The molecular formula is C20H17N3O2S. The summed E-state index contributed by atoms with van der Waals surface area (Å²) in [4.78, 5) is 21.4. The van der Waals surface area contributed by atoms with E-state index in [2.05, 4.69) is 22.2 Å². The molecule has 0 fully saturated rings. The topological polar surface area (TPSA) is 68.0 Å². The standard InChI is InChI=1S/C20H17N3O2S/c1-2-19-23-17-6-4-14(9-18(17)26-19)20(24)22-11-13-3-5-16(21-10-13)15-7-8-25-12-15/h3-10,12H,2,11H2,1H3,(H,22,24). The van der Waals surface area contributed by atoms with Gasteiger partial charge in [0.1, 0.15) is 0 Å². The number of aryl methyl sites for hydroxylation is 1. The number of nitrogens with zero attached hydrogens (tertiary/aromatic N) is 2. The van der Waals surface area contributed by atoms with Crippen molar-refractivity contribution in [2.75, 3.05) is 0 Å². The van der Waals surface area contributed by atoms with Crippen LogP contribution in [0.1, 0.15) is 27.9 Å². The van der Waals surface area contributed by atoms with Crippen molar-refractivity contribution in [3.63, 3.8) is 0 Å². The molecule has 0 saturated heterocycles. The molecule has 0 aliphatic carbocycles. The van der Waals surface area contributed by atoms with E-state index in [1.807, 2.05) is 36.4 Å². The van der Waals surface area contributed by atoms with Crippen LogP contribution < -0.4 is 5.32 Å². The number of carbonyl (C=O) groups excluding carboxylic acids is 1. The number of hydrogen-bond donors (Lipinski definition) is 1. The molecule has 6 heteroatoms. The van der Waals surface area contributed by atoms with Gasteiger partial charge in [-0.05, 0) is 42.3 Å². The second-order valence-corrected chi connectivity index (χ2v) is 7.01. The fourth-order valence-electron chi connectivity index (χ4n) is 2.66. The maximum Gasteiger partial charge on any atom is 0.251 e. The number of aromatic nitrogens is 2. The summed E-state index contributed by atoms with van der Waals surface area (Å²) in [6, 6.07) is 11.4. The first-order valence-corrected chi connectivity index (χ1v) is 9.20. The maximum atomic E-state index is 12.4. The molecule has 0 bridgehead atoms. The second-order valence-electron chi connectivity index (χ2n) is 5.89. The normalized spacial score (nSPS) is 11.0. The van der Waals surface area contributed by atoms with Crippen LogP contribution in [0, 0.1) is 0 Å². The Morgan fingerprint density at radius 3 is 2.88 bits per heavy atom. The SMILES string of the molecule is CCc1nc2ccc(C(=O)NCc3ccc(-c4ccoc4)nc3)cc2s1. The fourth-order valence-corrected chi connectivity index (χ4v) is 3.61. The zero-order valence-corrected chi connectivity index (χ0v) is 15.0. The fraction of sp³-hybridized carbons (Fsp3) is 0.150. The third-order valence-electron chi connectivity index (χ3n) is 4.09. The number of hydrogen-bond acceptors (Lipinski definition) is 5. The summed E-state index contributed by atoms with van der Waals surface area (Å²) in [7, 11) is 0. The number of benzene rings is 1. The van der Waals surface area contributed by atoms with Crippen molar-refractivity contribution < 1.29 is 9.21 Å². The minimum absolute atomic E-state index is 0.0998. The van der Waals surface area contributed by atoms with Gasteiger partial charge in [0.2, 0.25) is 0 Å². The highest BCUT2D eigenvalue weighted by atomic mass is 32.1. The molecule has 1 N–H and O–H groups in total. The molecule has 0 unspecified atom stereocenters. The summed E-state index contributed by atoms with van der Waals surface area (Å²) in [6.07, 6.45) is 5.95. The predicted molar refractivity (Wildman–Crippen MR) is 102 cm³/mol. The molecule has 5 nitrogen and oxygen atoms in total.